The molecular weight excluding hydrogens is 478 g/mol. The third kappa shape index (κ3) is 6.52. The lowest BCUT2D eigenvalue weighted by Crippen LogP contribution is -2.44. The summed E-state index contributed by atoms with van der Waals surface area (Å²) in [4.78, 5) is 56.6. The van der Waals surface area contributed by atoms with Gasteiger partial charge in [-0.25, -0.2) is 18.6 Å². The van der Waals surface area contributed by atoms with E-state index in [1.165, 1.54) is 39.9 Å². The van der Waals surface area contributed by atoms with Crippen molar-refractivity contribution < 1.29 is 28.3 Å². The van der Waals surface area contributed by atoms with E-state index in [2.05, 4.69) is 20.6 Å². The minimum atomic E-state index is -1.42. The highest BCUT2D eigenvalue weighted by Gasteiger charge is 2.21. The Bertz CT molecular complexity index is 1340. The van der Waals surface area contributed by atoms with Gasteiger partial charge in [0.15, 0.2) is 11.6 Å². The summed E-state index contributed by atoms with van der Waals surface area (Å²) in [6.45, 7) is -0.0814. The quantitative estimate of drug-likeness (QED) is 0.329. The molecule has 0 aliphatic rings. The number of aromatic amines is 1. The molecule has 0 bridgehead atoms. The van der Waals surface area contributed by atoms with E-state index in [1.54, 1.807) is 14.1 Å². The average Bonchev–Trinajstić information content (AvgIpc) is 3.19. The van der Waals surface area contributed by atoms with Crippen molar-refractivity contribution in [3.8, 4) is 0 Å². The molecule has 0 saturated carbocycles. The molecule has 3 aromatic rings. The molecule has 0 spiro atoms. The summed E-state index contributed by atoms with van der Waals surface area (Å²) >= 11 is 0. The smallest absolute Gasteiger partial charge is 0.405 e. The lowest BCUT2D eigenvalue weighted by atomic mass is 10.1. The van der Waals surface area contributed by atoms with Gasteiger partial charge in [0.25, 0.3) is 5.56 Å². The Morgan fingerprint density at radius 3 is 2.67 bits per heavy atom. The normalized spacial score (nSPS) is 12.0. The van der Waals surface area contributed by atoms with Crippen molar-refractivity contribution in [2.45, 2.75) is 25.4 Å². The lowest BCUT2D eigenvalue weighted by Gasteiger charge is -2.16. The van der Waals surface area contributed by atoms with E-state index in [0.29, 0.717) is 0 Å². The largest absolute Gasteiger partial charge is 0.465 e. The molecule has 36 heavy (non-hydrogen) atoms. The Balaban J connectivity index is 1.73. The predicted octanol–water partition coefficient (Wildman–Crippen LogP) is 2.05. The van der Waals surface area contributed by atoms with Gasteiger partial charge in [0.2, 0.25) is 11.8 Å². The number of fused-ring (bicyclic) bond motifs is 1. The number of halogens is 2. The van der Waals surface area contributed by atoms with Crippen LogP contribution in [-0.4, -0.2) is 62.6 Å². The van der Waals surface area contributed by atoms with Gasteiger partial charge >= 0.3 is 6.09 Å². The summed E-state index contributed by atoms with van der Waals surface area (Å²) in [5, 5.41) is 13.6. The first-order valence-electron chi connectivity index (χ1n) is 10.8. The van der Waals surface area contributed by atoms with Crippen LogP contribution in [0.1, 0.15) is 18.7 Å². The molecule has 2 heterocycles. The number of amides is 3. The molecule has 3 amide bonds. The number of carboxylic acid groups (broad SMARTS) is 1. The summed E-state index contributed by atoms with van der Waals surface area (Å²) in [7, 11) is 3.16. The molecule has 0 fully saturated rings. The molecule has 13 heteroatoms. The van der Waals surface area contributed by atoms with Crippen LogP contribution in [0.5, 0.6) is 0 Å². The number of nitrogens with one attached hydrogen (secondary N) is 3. The van der Waals surface area contributed by atoms with Gasteiger partial charge in [-0.3, -0.25) is 14.4 Å². The van der Waals surface area contributed by atoms with E-state index in [-0.39, 0.29) is 47.8 Å². The topological polar surface area (TPSA) is 149 Å². The third-order valence-corrected chi connectivity index (χ3v) is 5.11. The number of likely N-dealkylation sites (N-methyl/N-ethyl adjacent to an activating group) is 1. The number of allylic oxidation sites excluding steroid dienone is 1. The van der Waals surface area contributed by atoms with E-state index >= 15 is 0 Å². The zero-order valence-corrected chi connectivity index (χ0v) is 19.4. The minimum Gasteiger partial charge on any atom is -0.465 e. The van der Waals surface area contributed by atoms with E-state index < -0.39 is 35.2 Å². The number of aromatic nitrogens is 3. The van der Waals surface area contributed by atoms with Crippen molar-refractivity contribution in [2.24, 2.45) is 0 Å². The van der Waals surface area contributed by atoms with Gasteiger partial charge < -0.3 is 30.2 Å². The fourth-order valence-electron chi connectivity index (χ4n) is 3.28. The van der Waals surface area contributed by atoms with Crippen molar-refractivity contribution in [1.82, 2.24) is 24.8 Å². The Morgan fingerprint density at radius 2 is 1.97 bits per heavy atom. The van der Waals surface area contributed by atoms with E-state index in [4.69, 9.17) is 5.11 Å². The number of hydrogen-bond donors (Lipinski definition) is 4. The molecule has 0 unspecified atom stereocenters. The van der Waals surface area contributed by atoms with Crippen LogP contribution >= 0.6 is 0 Å². The fraction of sp³-hybridized carbons (Fsp3) is 0.261. The molecule has 11 nitrogen and oxygen atoms in total. The van der Waals surface area contributed by atoms with Crippen molar-refractivity contribution in [3.63, 3.8) is 0 Å². The Kier molecular flexibility index (Phi) is 8.14. The van der Waals surface area contributed by atoms with Gasteiger partial charge in [0.1, 0.15) is 17.6 Å². The molecule has 1 atom stereocenters. The second-order valence-electron chi connectivity index (χ2n) is 8.03. The van der Waals surface area contributed by atoms with E-state index in [1.807, 2.05) is 0 Å². The number of carbonyl (C=O) groups is 3. The van der Waals surface area contributed by atoms with Crippen LogP contribution in [0, 0.1) is 11.6 Å². The Morgan fingerprint density at radius 1 is 1.25 bits per heavy atom. The first kappa shape index (κ1) is 26.1. The molecule has 3 rings (SSSR count). The maximum Gasteiger partial charge on any atom is 0.405 e. The van der Waals surface area contributed by atoms with Crippen LogP contribution in [0.25, 0.3) is 11.0 Å². The average molecular weight is 502 g/mol. The van der Waals surface area contributed by atoms with Gasteiger partial charge in [-0.2, -0.15) is 0 Å². The number of nitrogens with zero attached hydrogens (tertiary/aromatic N) is 3. The Hall–Kier alpha value is -4.55. The zero-order chi connectivity index (χ0) is 26.4. The van der Waals surface area contributed by atoms with Gasteiger partial charge in [0, 0.05) is 32.4 Å². The summed E-state index contributed by atoms with van der Waals surface area (Å²) < 4.78 is 28.1. The van der Waals surface area contributed by atoms with Crippen LogP contribution in [0.4, 0.5) is 19.3 Å². The molecular formula is C23H24F2N6O5. The van der Waals surface area contributed by atoms with Crippen LogP contribution in [0.15, 0.2) is 47.4 Å². The zero-order valence-electron chi connectivity index (χ0n) is 19.4. The maximum atomic E-state index is 13.5. The van der Waals surface area contributed by atoms with Crippen molar-refractivity contribution in [2.75, 3.05) is 19.4 Å². The first-order chi connectivity index (χ1) is 17.0. The summed E-state index contributed by atoms with van der Waals surface area (Å²) in [6, 6.07) is 3.56. The second kappa shape index (κ2) is 11.3. The van der Waals surface area contributed by atoms with Crippen LogP contribution in [0.2, 0.25) is 0 Å². The number of H-pyrrole nitrogens is 1. The van der Waals surface area contributed by atoms with Crippen molar-refractivity contribution in [3.05, 3.63) is 70.4 Å². The van der Waals surface area contributed by atoms with Gasteiger partial charge in [0.05, 0.1) is 17.6 Å². The molecule has 2 aromatic heterocycles. The van der Waals surface area contributed by atoms with Gasteiger partial charge in [-0.1, -0.05) is 6.08 Å². The van der Waals surface area contributed by atoms with Crippen LogP contribution in [-0.2, 0) is 16.1 Å². The molecule has 4 N–H and O–H groups in total. The molecule has 0 saturated heterocycles. The highest BCUT2D eigenvalue weighted by atomic mass is 19.2. The predicted molar refractivity (Wildman–Crippen MR) is 126 cm³/mol. The fourth-order valence-corrected chi connectivity index (χ4v) is 3.28. The molecule has 190 valence electrons. The molecule has 0 aliphatic carbocycles. The first-order valence-corrected chi connectivity index (χ1v) is 10.8. The minimum absolute atomic E-state index is 0.0441. The molecule has 0 aliphatic heterocycles. The Labute approximate surface area is 203 Å². The van der Waals surface area contributed by atoms with Crippen molar-refractivity contribution >= 4 is 34.6 Å². The highest BCUT2D eigenvalue weighted by Crippen LogP contribution is 2.16. The number of imidazole rings is 1. The number of pyridine rings is 1. The summed E-state index contributed by atoms with van der Waals surface area (Å²) in [6.07, 6.45) is 3.12. The van der Waals surface area contributed by atoms with Crippen LogP contribution in [0.3, 0.4) is 0 Å². The van der Waals surface area contributed by atoms with Gasteiger partial charge in [-0.15, -0.1) is 0 Å². The third-order valence-electron chi connectivity index (χ3n) is 5.11. The SMILES string of the molecule is CN(C)C(=O)/C=C/CC[C@H](NC(=O)O)C(=O)Nc1cccn(Cc2nc3cc(F)c(F)cc3[nH]2)c1=O. The number of benzene rings is 1. The monoisotopic (exact) mass is 502 g/mol. The van der Waals surface area contributed by atoms with Gasteiger partial charge in [-0.05, 0) is 31.1 Å². The number of hydrogen-bond acceptors (Lipinski definition) is 5. The maximum absolute atomic E-state index is 13.5. The summed E-state index contributed by atoms with van der Waals surface area (Å²) in [5.74, 6) is -2.85. The number of carbonyl (C=O) groups excluding carboxylic acids is 2. The second-order valence-corrected chi connectivity index (χ2v) is 8.03. The molecule has 0 radical (unpaired) electrons. The highest BCUT2D eigenvalue weighted by molar-refractivity contribution is 5.96. The summed E-state index contributed by atoms with van der Waals surface area (Å²) in [5.41, 5.74) is -0.268. The number of rotatable bonds is 9. The standard InChI is InChI=1S/C23H24F2N6O5/c1-30(2)20(32)8-4-3-6-15(29-23(35)36)21(33)28-16-7-5-9-31(22(16)34)12-19-26-17-10-13(24)14(25)11-18(17)27-19/h4-5,7-11,15,29H,3,6,12H2,1-2H3,(H,26,27)(H,28,33)(H,35,36)/b8-4+/t15-/m0/s1. The lowest BCUT2D eigenvalue weighted by molar-refractivity contribution is -0.123. The van der Waals surface area contributed by atoms with Crippen LogP contribution < -0.4 is 16.2 Å². The number of anilines is 1. The van der Waals surface area contributed by atoms with Crippen molar-refractivity contribution in [1.29, 1.82) is 0 Å². The van der Waals surface area contributed by atoms with E-state index in [9.17, 15) is 28.0 Å². The van der Waals surface area contributed by atoms with E-state index in [0.717, 1.165) is 12.1 Å². The molecule has 1 aromatic carbocycles.